The van der Waals surface area contributed by atoms with Crippen molar-refractivity contribution < 1.29 is 23.6 Å². The van der Waals surface area contributed by atoms with Crippen LogP contribution < -0.4 is 9.64 Å². The Bertz CT molecular complexity index is 1200. The summed E-state index contributed by atoms with van der Waals surface area (Å²) in [5.74, 6) is 0.421. The van der Waals surface area contributed by atoms with Gasteiger partial charge in [0, 0.05) is 31.4 Å². The highest BCUT2D eigenvalue weighted by atomic mass is 19.1. The number of pyridine rings is 1. The van der Waals surface area contributed by atoms with Gasteiger partial charge in [0.1, 0.15) is 24.4 Å². The Kier molecular flexibility index (Phi) is 7.21. The molecule has 1 amide bonds. The molecule has 1 atom stereocenters. The fourth-order valence-corrected chi connectivity index (χ4v) is 3.95. The van der Waals surface area contributed by atoms with Crippen LogP contribution in [0.25, 0.3) is 0 Å². The van der Waals surface area contributed by atoms with Crippen molar-refractivity contribution in [3.8, 4) is 11.5 Å². The summed E-state index contributed by atoms with van der Waals surface area (Å²) in [6.07, 6.45) is 1.81. The third-order valence-corrected chi connectivity index (χ3v) is 5.85. The maximum absolute atomic E-state index is 14.8. The molecule has 1 aromatic heterocycles. The summed E-state index contributed by atoms with van der Waals surface area (Å²) in [6, 6.07) is 14.6. The number of hydrogen-bond donors (Lipinski definition) is 0. The molecule has 1 unspecified atom stereocenters. The second-order valence-corrected chi connectivity index (χ2v) is 8.10. The van der Waals surface area contributed by atoms with E-state index in [4.69, 9.17) is 9.47 Å². The van der Waals surface area contributed by atoms with Gasteiger partial charge in [-0.2, -0.15) is 0 Å². The standard InChI is InChI=1S/C25H25FN4O5/c1-3-29-20(15-34-16-25(29)31)12-17-4-8-21(9-5-17)35-23-10-6-18(13-22(23)26)28(2)24-11-7-19(14-27-24)30(32)33/h4-11,13-14,20H,3,12,15-16H2,1-2H3. The molecule has 4 rings (SSSR count). The van der Waals surface area contributed by atoms with Gasteiger partial charge in [0.15, 0.2) is 11.6 Å². The van der Waals surface area contributed by atoms with Gasteiger partial charge < -0.3 is 19.3 Å². The van der Waals surface area contributed by atoms with Gasteiger partial charge in [-0.3, -0.25) is 14.9 Å². The van der Waals surface area contributed by atoms with Crippen LogP contribution in [0.1, 0.15) is 12.5 Å². The Balaban J connectivity index is 1.41. The Labute approximate surface area is 201 Å². The van der Waals surface area contributed by atoms with Crippen molar-refractivity contribution >= 4 is 23.1 Å². The van der Waals surface area contributed by atoms with Crippen LogP contribution in [0.4, 0.5) is 21.6 Å². The van der Waals surface area contributed by atoms with Crippen LogP contribution in [0.15, 0.2) is 60.8 Å². The van der Waals surface area contributed by atoms with Crippen LogP contribution in [0.2, 0.25) is 0 Å². The SMILES string of the molecule is CCN1C(=O)COCC1Cc1ccc(Oc2ccc(N(C)c3ccc([N+](=O)[O-])cn3)cc2F)cc1. The zero-order chi connectivity index (χ0) is 24.9. The van der Waals surface area contributed by atoms with E-state index < -0.39 is 10.7 Å². The molecule has 0 spiro atoms. The molecule has 1 aliphatic rings. The van der Waals surface area contributed by atoms with Crippen LogP contribution in [0.5, 0.6) is 11.5 Å². The normalized spacial score (nSPS) is 15.7. The van der Waals surface area contributed by atoms with Crippen molar-refractivity contribution in [2.24, 2.45) is 0 Å². The first-order chi connectivity index (χ1) is 16.9. The number of hydrogen-bond acceptors (Lipinski definition) is 7. The number of rotatable bonds is 8. The molecule has 1 saturated heterocycles. The summed E-state index contributed by atoms with van der Waals surface area (Å²) in [5.41, 5.74) is 1.41. The second kappa shape index (κ2) is 10.5. The molecule has 10 heteroatoms. The minimum atomic E-state index is -0.559. The minimum Gasteiger partial charge on any atom is -0.454 e. The molecule has 2 aromatic carbocycles. The quantitative estimate of drug-likeness (QED) is 0.346. The van der Waals surface area contributed by atoms with Crippen molar-refractivity contribution in [1.82, 2.24) is 9.88 Å². The zero-order valence-corrected chi connectivity index (χ0v) is 19.4. The number of morpholine rings is 1. The van der Waals surface area contributed by atoms with Crippen LogP contribution in [-0.4, -0.2) is 53.6 Å². The number of halogens is 1. The van der Waals surface area contributed by atoms with Crippen molar-refractivity contribution in [2.45, 2.75) is 19.4 Å². The highest BCUT2D eigenvalue weighted by Crippen LogP contribution is 2.30. The number of nitrogens with zero attached hydrogens (tertiary/aromatic N) is 4. The van der Waals surface area contributed by atoms with Crippen LogP contribution in [0, 0.1) is 15.9 Å². The Morgan fingerprint density at radius 3 is 2.63 bits per heavy atom. The Morgan fingerprint density at radius 2 is 2.00 bits per heavy atom. The van der Waals surface area contributed by atoms with Gasteiger partial charge >= 0.3 is 0 Å². The number of benzene rings is 2. The average Bonchev–Trinajstić information content (AvgIpc) is 2.86. The van der Waals surface area contributed by atoms with E-state index in [1.165, 1.54) is 24.3 Å². The number of amides is 1. The summed E-state index contributed by atoms with van der Waals surface area (Å²) in [6.45, 7) is 3.22. The predicted molar refractivity (Wildman–Crippen MR) is 128 cm³/mol. The Hall–Kier alpha value is -4.05. The molecule has 0 radical (unpaired) electrons. The van der Waals surface area contributed by atoms with E-state index in [-0.39, 0.29) is 30.0 Å². The molecule has 0 aliphatic carbocycles. The van der Waals surface area contributed by atoms with E-state index in [9.17, 15) is 19.3 Å². The van der Waals surface area contributed by atoms with E-state index in [1.807, 2.05) is 24.0 Å². The summed E-state index contributed by atoms with van der Waals surface area (Å²) in [4.78, 5) is 29.8. The summed E-state index contributed by atoms with van der Waals surface area (Å²) in [5, 5.41) is 10.8. The first-order valence-corrected chi connectivity index (χ1v) is 11.1. The number of likely N-dealkylation sites (N-methyl/N-ethyl adjacent to an activating group) is 1. The molecule has 9 nitrogen and oxygen atoms in total. The minimum absolute atomic E-state index is 0.00219. The van der Waals surface area contributed by atoms with Crippen LogP contribution in [0.3, 0.4) is 0 Å². The van der Waals surface area contributed by atoms with Crippen molar-refractivity contribution in [1.29, 1.82) is 0 Å². The van der Waals surface area contributed by atoms with Crippen LogP contribution in [-0.2, 0) is 16.0 Å². The number of anilines is 2. The van der Waals surface area contributed by atoms with Gasteiger partial charge in [-0.25, -0.2) is 9.37 Å². The van der Waals surface area contributed by atoms with Gasteiger partial charge in [0.25, 0.3) is 5.69 Å². The molecule has 182 valence electrons. The monoisotopic (exact) mass is 480 g/mol. The largest absolute Gasteiger partial charge is 0.454 e. The van der Waals surface area contributed by atoms with E-state index in [0.717, 1.165) is 11.8 Å². The molecule has 3 aromatic rings. The van der Waals surface area contributed by atoms with Gasteiger partial charge in [-0.05, 0) is 49.2 Å². The number of ether oxygens (including phenoxy) is 2. The van der Waals surface area contributed by atoms with E-state index >= 15 is 0 Å². The average molecular weight is 480 g/mol. The lowest BCUT2D eigenvalue weighted by Gasteiger charge is -2.34. The number of carbonyl (C=O) groups is 1. The molecule has 0 N–H and O–H groups in total. The highest BCUT2D eigenvalue weighted by molar-refractivity contribution is 5.78. The molecule has 35 heavy (non-hydrogen) atoms. The molecule has 0 saturated carbocycles. The van der Waals surface area contributed by atoms with Gasteiger partial charge in [-0.15, -0.1) is 0 Å². The zero-order valence-electron chi connectivity index (χ0n) is 19.4. The van der Waals surface area contributed by atoms with E-state index in [0.29, 0.717) is 36.8 Å². The molecular weight excluding hydrogens is 455 g/mol. The second-order valence-electron chi connectivity index (χ2n) is 8.10. The Morgan fingerprint density at radius 1 is 1.23 bits per heavy atom. The lowest BCUT2D eigenvalue weighted by molar-refractivity contribution is -0.385. The van der Waals surface area contributed by atoms with E-state index in [2.05, 4.69) is 4.98 Å². The molecule has 0 bridgehead atoms. The van der Waals surface area contributed by atoms with Gasteiger partial charge in [0.2, 0.25) is 5.91 Å². The lowest BCUT2D eigenvalue weighted by atomic mass is 10.0. The predicted octanol–water partition coefficient (Wildman–Crippen LogP) is 4.48. The smallest absolute Gasteiger partial charge is 0.287 e. The summed E-state index contributed by atoms with van der Waals surface area (Å²) < 4.78 is 25.9. The molecule has 1 aliphatic heterocycles. The maximum Gasteiger partial charge on any atom is 0.287 e. The topological polar surface area (TPSA) is 98.0 Å². The van der Waals surface area contributed by atoms with Crippen molar-refractivity contribution in [3.05, 3.63) is 82.3 Å². The molecule has 2 heterocycles. The summed E-state index contributed by atoms with van der Waals surface area (Å²) in [7, 11) is 1.69. The number of nitro groups is 1. The van der Waals surface area contributed by atoms with Crippen LogP contribution >= 0.6 is 0 Å². The van der Waals surface area contributed by atoms with Crippen molar-refractivity contribution in [3.63, 3.8) is 0 Å². The molecule has 1 fully saturated rings. The van der Waals surface area contributed by atoms with Gasteiger partial charge in [-0.1, -0.05) is 12.1 Å². The summed E-state index contributed by atoms with van der Waals surface area (Å²) >= 11 is 0. The highest BCUT2D eigenvalue weighted by Gasteiger charge is 2.27. The molecular formula is C25H25FN4O5. The third-order valence-electron chi connectivity index (χ3n) is 5.85. The fraction of sp³-hybridized carbons (Fsp3) is 0.280. The maximum atomic E-state index is 14.8. The lowest BCUT2D eigenvalue weighted by Crippen LogP contribution is -2.50. The fourth-order valence-electron chi connectivity index (χ4n) is 3.95. The number of carbonyl (C=O) groups excluding carboxylic acids is 1. The van der Waals surface area contributed by atoms with Crippen molar-refractivity contribution in [2.75, 3.05) is 31.7 Å². The van der Waals surface area contributed by atoms with Gasteiger partial charge in [0.05, 0.1) is 17.6 Å². The number of aromatic nitrogens is 1. The van der Waals surface area contributed by atoms with E-state index in [1.54, 1.807) is 30.1 Å². The first-order valence-electron chi connectivity index (χ1n) is 11.1. The third kappa shape index (κ3) is 5.55. The first kappa shape index (κ1) is 24.1.